The molecule has 188 valence electrons. The molecular weight excluding hydrogens is 465 g/mol. The zero-order valence-electron chi connectivity index (χ0n) is 20.7. The Kier molecular flexibility index (Phi) is 19.6. The first kappa shape index (κ1) is 32.7. The summed E-state index contributed by atoms with van der Waals surface area (Å²) in [6, 6.07) is 12.7. The maximum atomic E-state index is 10.9. The van der Waals surface area contributed by atoms with Gasteiger partial charge in [-0.15, -0.1) is 0 Å². The summed E-state index contributed by atoms with van der Waals surface area (Å²) in [4.78, 5) is 28.5. The molecule has 0 fully saturated rings. The fraction of sp³-hybridized carbons (Fsp3) is 0.462. The first-order valence-corrected chi connectivity index (χ1v) is 11.7. The smallest absolute Gasteiger partial charge is 0.661 e. The first-order valence-electron chi connectivity index (χ1n) is 11.7. The van der Waals surface area contributed by atoms with Gasteiger partial charge in [0.15, 0.2) is 0 Å². The Morgan fingerprint density at radius 2 is 0.943 bits per heavy atom. The van der Waals surface area contributed by atoms with Crippen LogP contribution in [0, 0.1) is 0 Å². The topological polar surface area (TPSA) is 117 Å². The van der Waals surface area contributed by atoms with Crippen molar-refractivity contribution < 1.29 is 39.4 Å². The van der Waals surface area contributed by atoms with E-state index in [4.69, 9.17) is 9.47 Å². The van der Waals surface area contributed by atoms with Gasteiger partial charge in [0.2, 0.25) is 0 Å². The van der Waals surface area contributed by atoms with E-state index in [2.05, 4.69) is 23.6 Å². The standard InChI is InChI=1S/2C13H18O4.Mg/c2*1-2-3-4-5-10-16-12-8-6-11(7-9-12)13(14)17-15;/h2*6-9,15H,2-5,10H2,1H3;/q;;+2/p-2. The van der Waals surface area contributed by atoms with Gasteiger partial charge in [-0.2, -0.15) is 0 Å². The molecule has 9 heteroatoms. The number of hydrogen-bond donors (Lipinski definition) is 0. The number of benzene rings is 2. The third kappa shape index (κ3) is 14.6. The quantitative estimate of drug-likeness (QED) is 0.167. The largest absolute Gasteiger partial charge is 2.00 e. The molecule has 0 radical (unpaired) electrons. The number of rotatable bonds is 14. The molecule has 0 aliphatic heterocycles. The summed E-state index contributed by atoms with van der Waals surface area (Å²) < 4.78 is 11.0. The van der Waals surface area contributed by atoms with E-state index in [1.54, 1.807) is 24.3 Å². The summed E-state index contributed by atoms with van der Waals surface area (Å²) in [5.74, 6) is -0.355. The maximum absolute atomic E-state index is 10.9. The van der Waals surface area contributed by atoms with Crippen LogP contribution in [0.4, 0.5) is 0 Å². The minimum Gasteiger partial charge on any atom is -0.661 e. The van der Waals surface area contributed by atoms with Crippen molar-refractivity contribution in [2.75, 3.05) is 13.2 Å². The van der Waals surface area contributed by atoms with Crippen LogP contribution in [0.2, 0.25) is 0 Å². The number of carbonyl (C=O) groups excluding carboxylic acids is 2. The van der Waals surface area contributed by atoms with Crippen molar-refractivity contribution in [1.82, 2.24) is 0 Å². The summed E-state index contributed by atoms with van der Waals surface area (Å²) in [7, 11) is 0. The molecule has 0 saturated heterocycles. The Labute approximate surface area is 223 Å². The third-order valence-corrected chi connectivity index (χ3v) is 4.86. The molecule has 0 saturated carbocycles. The Bertz CT molecular complexity index is 740. The molecule has 0 heterocycles. The normalized spacial score (nSPS) is 9.71. The average Bonchev–Trinajstić information content (AvgIpc) is 2.88. The predicted octanol–water partition coefficient (Wildman–Crippen LogP) is 3.77. The van der Waals surface area contributed by atoms with Gasteiger partial charge in [0.05, 0.1) is 24.3 Å². The van der Waals surface area contributed by atoms with Crippen molar-refractivity contribution in [2.45, 2.75) is 65.2 Å². The fourth-order valence-corrected chi connectivity index (χ4v) is 2.91. The zero-order chi connectivity index (χ0) is 25.0. The van der Waals surface area contributed by atoms with Crippen molar-refractivity contribution in [3.8, 4) is 11.5 Å². The second-order valence-corrected chi connectivity index (χ2v) is 7.61. The summed E-state index contributed by atoms with van der Waals surface area (Å²) in [6.45, 7) is 5.67. The van der Waals surface area contributed by atoms with Gasteiger partial charge in [-0.25, -0.2) is 9.59 Å². The molecular formula is C26H34MgO8. The molecule has 35 heavy (non-hydrogen) atoms. The van der Waals surface area contributed by atoms with Gasteiger partial charge in [-0.1, -0.05) is 52.4 Å². The SMILES string of the molecule is CCCCCCOc1ccc(C(=O)O[O-])cc1.CCCCCCOc1ccc(C(=O)O[O-])cc1.[Mg+2]. The molecule has 8 nitrogen and oxygen atoms in total. The molecule has 0 aliphatic rings. The Morgan fingerprint density at radius 1 is 0.600 bits per heavy atom. The Balaban J connectivity index is 0.000000642. The first-order chi connectivity index (χ1) is 16.5. The fourth-order valence-electron chi connectivity index (χ4n) is 2.91. The molecule has 0 atom stereocenters. The molecule has 0 aliphatic carbocycles. The summed E-state index contributed by atoms with van der Waals surface area (Å²) in [5.41, 5.74) is 0.469. The van der Waals surface area contributed by atoms with Crippen molar-refractivity contribution in [3.63, 3.8) is 0 Å². The maximum Gasteiger partial charge on any atom is 2.00 e. The van der Waals surface area contributed by atoms with Crippen LogP contribution in [0.15, 0.2) is 48.5 Å². The van der Waals surface area contributed by atoms with Crippen molar-refractivity contribution in [2.24, 2.45) is 0 Å². The van der Waals surface area contributed by atoms with E-state index >= 15 is 0 Å². The molecule has 0 bridgehead atoms. The van der Waals surface area contributed by atoms with Crippen LogP contribution in [-0.4, -0.2) is 48.2 Å². The van der Waals surface area contributed by atoms with Crippen molar-refractivity contribution >= 4 is 35.0 Å². The van der Waals surface area contributed by atoms with Crippen LogP contribution in [0.1, 0.15) is 85.9 Å². The van der Waals surface area contributed by atoms with E-state index in [0.717, 1.165) is 25.7 Å². The molecule has 0 amide bonds. The monoisotopic (exact) mass is 498 g/mol. The van der Waals surface area contributed by atoms with Gasteiger partial charge in [-0.3, -0.25) is 0 Å². The molecule has 0 aromatic heterocycles. The minimum absolute atomic E-state index is 0. The van der Waals surface area contributed by atoms with Crippen molar-refractivity contribution in [1.29, 1.82) is 0 Å². The summed E-state index contributed by atoms with van der Waals surface area (Å²) in [6.07, 6.45) is 9.22. The molecule has 2 aromatic rings. The van der Waals surface area contributed by atoms with E-state index < -0.39 is 11.9 Å². The van der Waals surface area contributed by atoms with Gasteiger partial charge in [0, 0.05) is 0 Å². The van der Waals surface area contributed by atoms with Crippen LogP contribution >= 0.6 is 0 Å². The average molecular weight is 499 g/mol. The number of carbonyl (C=O) groups is 2. The van der Waals surface area contributed by atoms with Gasteiger partial charge in [0.25, 0.3) is 0 Å². The van der Waals surface area contributed by atoms with Gasteiger partial charge >= 0.3 is 35.0 Å². The minimum atomic E-state index is -0.875. The second kappa shape index (κ2) is 21.0. The Hall–Kier alpha value is -2.33. The second-order valence-electron chi connectivity index (χ2n) is 7.61. The van der Waals surface area contributed by atoms with Crippen LogP contribution in [0.5, 0.6) is 11.5 Å². The summed E-state index contributed by atoms with van der Waals surface area (Å²) in [5, 5.41) is 19.8. The molecule has 2 aromatic carbocycles. The number of ether oxygens (including phenoxy) is 2. The van der Waals surface area contributed by atoms with Gasteiger partial charge in [-0.05, 0) is 61.4 Å². The van der Waals surface area contributed by atoms with E-state index in [9.17, 15) is 20.1 Å². The Morgan fingerprint density at radius 3 is 1.23 bits per heavy atom. The molecule has 2 rings (SSSR count). The zero-order valence-corrected chi connectivity index (χ0v) is 22.1. The third-order valence-electron chi connectivity index (χ3n) is 4.86. The predicted molar refractivity (Wildman–Crippen MR) is 129 cm³/mol. The van der Waals surface area contributed by atoms with E-state index in [0.29, 0.717) is 24.7 Å². The number of unbranched alkanes of at least 4 members (excludes halogenated alkanes) is 6. The van der Waals surface area contributed by atoms with E-state index in [1.807, 2.05) is 0 Å². The summed E-state index contributed by atoms with van der Waals surface area (Å²) >= 11 is 0. The van der Waals surface area contributed by atoms with Crippen molar-refractivity contribution in [3.05, 3.63) is 59.7 Å². The van der Waals surface area contributed by atoms with E-state index in [1.165, 1.54) is 49.9 Å². The van der Waals surface area contributed by atoms with Gasteiger partial charge in [0.1, 0.15) is 11.5 Å². The van der Waals surface area contributed by atoms with Crippen LogP contribution in [0.3, 0.4) is 0 Å². The molecule has 0 N–H and O–H groups in total. The van der Waals surface area contributed by atoms with Crippen LogP contribution in [-0.2, 0) is 9.78 Å². The van der Waals surface area contributed by atoms with E-state index in [-0.39, 0.29) is 34.2 Å². The molecule has 0 unspecified atom stereocenters. The van der Waals surface area contributed by atoms with Gasteiger partial charge < -0.3 is 29.8 Å². The van der Waals surface area contributed by atoms with Crippen LogP contribution in [0.25, 0.3) is 0 Å². The van der Waals surface area contributed by atoms with Crippen LogP contribution < -0.4 is 20.0 Å². The number of hydrogen-bond acceptors (Lipinski definition) is 8. The molecule has 0 spiro atoms.